The topological polar surface area (TPSA) is 74.8 Å². The molecule has 2 aromatic rings. The molecule has 3 fully saturated rings. The Morgan fingerprint density at radius 2 is 1.88 bits per heavy atom. The molecule has 2 heterocycles. The van der Waals surface area contributed by atoms with E-state index in [2.05, 4.69) is 22.2 Å². The fourth-order valence-corrected chi connectivity index (χ4v) is 6.23. The van der Waals surface area contributed by atoms with Gasteiger partial charge in [-0.15, -0.1) is 11.3 Å². The fraction of sp³-hybridized carbons (Fsp3) is 0.632. The monoisotopic (exact) mass is 357 g/mol. The van der Waals surface area contributed by atoms with Gasteiger partial charge >= 0.3 is 0 Å². The molecule has 5 nitrogen and oxygen atoms in total. The molecule has 0 unspecified atom stereocenters. The van der Waals surface area contributed by atoms with Crippen LogP contribution in [0.15, 0.2) is 4.79 Å². The van der Waals surface area contributed by atoms with E-state index in [1.165, 1.54) is 24.1 Å². The Bertz CT molecular complexity index is 917. The number of fused-ring (bicyclic) bond motifs is 6. The predicted octanol–water partition coefficient (Wildman–Crippen LogP) is 3.32. The third-order valence-corrected chi connectivity index (χ3v) is 7.98. The summed E-state index contributed by atoms with van der Waals surface area (Å²) in [6.07, 6.45) is 9.72. The van der Waals surface area contributed by atoms with Crippen LogP contribution in [0.1, 0.15) is 72.9 Å². The summed E-state index contributed by atoms with van der Waals surface area (Å²) in [5.74, 6) is -0.0521. The van der Waals surface area contributed by atoms with Crippen molar-refractivity contribution in [1.82, 2.24) is 15.3 Å². The van der Waals surface area contributed by atoms with Crippen LogP contribution >= 0.6 is 11.3 Å². The maximum absolute atomic E-state index is 12.8. The number of aryl methyl sites for hydroxylation is 2. The zero-order chi connectivity index (χ0) is 17.2. The van der Waals surface area contributed by atoms with E-state index < -0.39 is 0 Å². The van der Waals surface area contributed by atoms with E-state index >= 15 is 0 Å². The van der Waals surface area contributed by atoms with Gasteiger partial charge < -0.3 is 10.3 Å². The van der Waals surface area contributed by atoms with E-state index in [0.29, 0.717) is 10.8 Å². The number of rotatable bonds is 2. The molecule has 2 N–H and O–H groups in total. The summed E-state index contributed by atoms with van der Waals surface area (Å²) in [5.41, 5.74) is 1.36. The number of amides is 1. The van der Waals surface area contributed by atoms with Crippen LogP contribution in [0.4, 0.5) is 0 Å². The molecule has 1 amide bonds. The highest BCUT2D eigenvalue weighted by Gasteiger charge is 2.47. The van der Waals surface area contributed by atoms with Gasteiger partial charge in [-0.2, -0.15) is 0 Å². The summed E-state index contributed by atoms with van der Waals surface area (Å²) in [5, 5.41) is 3.93. The molecule has 6 heteroatoms. The second kappa shape index (κ2) is 5.16. The summed E-state index contributed by atoms with van der Waals surface area (Å²) < 4.78 is 0. The third kappa shape index (κ3) is 2.37. The molecule has 4 aliphatic carbocycles. The van der Waals surface area contributed by atoms with Crippen LogP contribution in [0.5, 0.6) is 0 Å². The van der Waals surface area contributed by atoms with Crippen molar-refractivity contribution >= 4 is 27.5 Å². The van der Waals surface area contributed by atoms with Crippen molar-refractivity contribution in [2.75, 3.05) is 0 Å². The molecular weight excluding hydrogens is 334 g/mol. The predicted molar refractivity (Wildman–Crippen MR) is 98.3 cm³/mol. The van der Waals surface area contributed by atoms with E-state index in [1.807, 2.05) is 0 Å². The van der Waals surface area contributed by atoms with Gasteiger partial charge in [-0.3, -0.25) is 9.59 Å². The number of nitrogens with one attached hydrogen (secondary N) is 2. The zero-order valence-corrected chi connectivity index (χ0v) is 15.4. The van der Waals surface area contributed by atoms with Crippen LogP contribution in [0.3, 0.4) is 0 Å². The van der Waals surface area contributed by atoms with E-state index in [9.17, 15) is 9.59 Å². The van der Waals surface area contributed by atoms with Crippen molar-refractivity contribution in [1.29, 1.82) is 0 Å². The molecule has 0 radical (unpaired) electrons. The van der Waals surface area contributed by atoms with Crippen LogP contribution in [0, 0.1) is 5.41 Å². The van der Waals surface area contributed by atoms with Crippen LogP contribution in [-0.2, 0) is 12.8 Å². The van der Waals surface area contributed by atoms with Gasteiger partial charge in [-0.25, -0.2) is 4.98 Å². The van der Waals surface area contributed by atoms with Gasteiger partial charge in [0.2, 0.25) is 5.82 Å². The molecule has 0 atom stereocenters. The molecule has 132 valence electrons. The Labute approximate surface area is 150 Å². The number of aromatic amines is 1. The maximum Gasteiger partial charge on any atom is 0.287 e. The normalized spacial score (nSPS) is 30.6. The Hall–Kier alpha value is -1.69. The number of H-pyrrole nitrogens is 1. The van der Waals surface area contributed by atoms with Gasteiger partial charge in [-0.05, 0) is 68.8 Å². The standard InChI is InChI=1S/C19H23N3O2S/c1-18-5-8-19(9-6-18,10-7-18)22-16(24)14-20-15(23)13-11-3-2-4-12(11)25-17(13)21-14/h2-10H2,1H3,(H,22,24)(H,20,21,23). The summed E-state index contributed by atoms with van der Waals surface area (Å²) in [6, 6.07) is 0. The van der Waals surface area contributed by atoms with Crippen molar-refractivity contribution in [3.8, 4) is 0 Å². The average molecular weight is 357 g/mol. The lowest BCUT2D eigenvalue weighted by atomic mass is 9.58. The molecule has 0 aliphatic heterocycles. The smallest absolute Gasteiger partial charge is 0.287 e. The van der Waals surface area contributed by atoms with Gasteiger partial charge in [0.25, 0.3) is 11.5 Å². The van der Waals surface area contributed by atoms with Crippen LogP contribution in [-0.4, -0.2) is 21.4 Å². The van der Waals surface area contributed by atoms with Crippen molar-refractivity contribution < 1.29 is 4.79 Å². The molecule has 2 aromatic heterocycles. The summed E-state index contributed by atoms with van der Waals surface area (Å²) in [4.78, 5) is 34.6. The summed E-state index contributed by atoms with van der Waals surface area (Å²) in [7, 11) is 0. The maximum atomic E-state index is 12.8. The SMILES string of the molecule is CC12CCC(NC(=O)c3nc4sc5c(c4c(=O)[nH]3)CCC5)(CC1)CC2. The molecule has 0 aromatic carbocycles. The minimum atomic E-state index is -0.224. The number of hydrogen-bond donors (Lipinski definition) is 2. The second-order valence-corrected chi connectivity index (χ2v) is 9.58. The van der Waals surface area contributed by atoms with E-state index in [1.54, 1.807) is 11.3 Å². The van der Waals surface area contributed by atoms with Crippen molar-refractivity contribution in [3.63, 3.8) is 0 Å². The second-order valence-electron chi connectivity index (χ2n) is 8.50. The highest BCUT2D eigenvalue weighted by atomic mass is 32.1. The van der Waals surface area contributed by atoms with Crippen LogP contribution in [0.25, 0.3) is 10.2 Å². The van der Waals surface area contributed by atoms with Crippen LogP contribution < -0.4 is 10.9 Å². The van der Waals surface area contributed by atoms with Gasteiger partial charge in [0.05, 0.1) is 5.39 Å². The van der Waals surface area contributed by atoms with Crippen molar-refractivity contribution in [3.05, 3.63) is 26.6 Å². The highest BCUT2D eigenvalue weighted by molar-refractivity contribution is 7.18. The van der Waals surface area contributed by atoms with E-state index in [0.717, 1.165) is 48.9 Å². The Morgan fingerprint density at radius 1 is 1.16 bits per heavy atom. The largest absolute Gasteiger partial charge is 0.344 e. The minimum absolute atomic E-state index is 0.0976. The van der Waals surface area contributed by atoms with Gasteiger partial charge in [0.1, 0.15) is 4.83 Å². The molecular formula is C19H23N3O2S. The molecule has 0 spiro atoms. The first-order valence-corrected chi connectivity index (χ1v) is 10.2. The average Bonchev–Trinajstić information content (AvgIpc) is 3.16. The Balaban J connectivity index is 1.45. The van der Waals surface area contributed by atoms with Gasteiger partial charge in [0, 0.05) is 10.4 Å². The lowest BCUT2D eigenvalue weighted by molar-refractivity contribution is 0.0335. The molecule has 2 bridgehead atoms. The molecule has 25 heavy (non-hydrogen) atoms. The lowest BCUT2D eigenvalue weighted by Gasteiger charge is -2.52. The van der Waals surface area contributed by atoms with E-state index in [-0.39, 0.29) is 22.8 Å². The van der Waals surface area contributed by atoms with Gasteiger partial charge in [0.15, 0.2) is 0 Å². The van der Waals surface area contributed by atoms with Crippen molar-refractivity contribution in [2.24, 2.45) is 5.41 Å². The fourth-order valence-electron chi connectivity index (χ4n) is 4.97. The summed E-state index contributed by atoms with van der Waals surface area (Å²) >= 11 is 1.58. The zero-order valence-electron chi connectivity index (χ0n) is 14.5. The molecule has 6 rings (SSSR count). The first-order valence-electron chi connectivity index (χ1n) is 9.34. The number of thiophene rings is 1. The minimum Gasteiger partial charge on any atom is -0.344 e. The number of carbonyl (C=O) groups is 1. The van der Waals surface area contributed by atoms with Crippen LogP contribution in [0.2, 0.25) is 0 Å². The highest BCUT2D eigenvalue weighted by Crippen LogP contribution is 2.51. The first-order chi connectivity index (χ1) is 12.0. The summed E-state index contributed by atoms with van der Waals surface area (Å²) in [6.45, 7) is 2.36. The van der Waals surface area contributed by atoms with E-state index in [4.69, 9.17) is 0 Å². The van der Waals surface area contributed by atoms with Gasteiger partial charge in [-0.1, -0.05) is 6.92 Å². The van der Waals surface area contributed by atoms with Crippen molar-refractivity contribution in [2.45, 2.75) is 70.3 Å². The number of aromatic nitrogens is 2. The Kier molecular flexibility index (Phi) is 3.21. The first kappa shape index (κ1) is 15.6. The number of carbonyl (C=O) groups excluding carboxylic acids is 1. The lowest BCUT2D eigenvalue weighted by Crippen LogP contribution is -2.56. The molecule has 3 saturated carbocycles. The molecule has 4 aliphatic rings. The Morgan fingerprint density at radius 3 is 2.60 bits per heavy atom. The third-order valence-electron chi connectivity index (χ3n) is 6.79. The number of nitrogens with zero attached hydrogens (tertiary/aromatic N) is 1. The molecule has 0 saturated heterocycles. The number of hydrogen-bond acceptors (Lipinski definition) is 4. The quantitative estimate of drug-likeness (QED) is 0.866.